The number of aliphatic carboxylic acids is 1. The van der Waals surface area contributed by atoms with E-state index in [0.29, 0.717) is 4.68 Å². The molecule has 0 bridgehead atoms. The van der Waals surface area contributed by atoms with Crippen LogP contribution in [-0.2, 0) is 19.1 Å². The molecule has 3 rings (SSSR count). The molecule has 1 fully saturated rings. The summed E-state index contributed by atoms with van der Waals surface area (Å²) in [5.74, 6) is -3.17. The van der Waals surface area contributed by atoms with E-state index in [-0.39, 0.29) is 40.6 Å². The van der Waals surface area contributed by atoms with E-state index in [1.165, 1.54) is 32.5 Å². The van der Waals surface area contributed by atoms with Gasteiger partial charge in [-0.15, -0.1) is 11.8 Å². The molecule has 1 aromatic heterocycles. The van der Waals surface area contributed by atoms with Crippen LogP contribution in [0, 0.1) is 13.8 Å². The highest BCUT2D eigenvalue weighted by molar-refractivity contribution is 8.00. The number of amides is 2. The van der Waals surface area contributed by atoms with Crippen LogP contribution in [0.25, 0.3) is 0 Å². The quantitative estimate of drug-likeness (QED) is 0.487. The average Bonchev–Trinajstić information content (AvgIpc) is 2.97. The number of nitrogens with zero attached hydrogens (tertiary/aromatic N) is 3. The van der Waals surface area contributed by atoms with Gasteiger partial charge in [0.25, 0.3) is 11.8 Å². The van der Waals surface area contributed by atoms with Gasteiger partial charge in [-0.25, -0.2) is 9.48 Å². The summed E-state index contributed by atoms with van der Waals surface area (Å²) in [5, 5.41) is 15.0. The van der Waals surface area contributed by atoms with E-state index in [2.05, 4.69) is 10.4 Å². The zero-order chi connectivity index (χ0) is 22.3. The van der Waals surface area contributed by atoms with Gasteiger partial charge in [-0.3, -0.25) is 19.3 Å². The number of alkyl halides is 2. The summed E-state index contributed by atoms with van der Waals surface area (Å²) in [6, 6.07) is -1.03. The third-order valence-corrected chi connectivity index (χ3v) is 6.06. The summed E-state index contributed by atoms with van der Waals surface area (Å²) in [7, 11) is 0. The molecule has 10 nitrogen and oxygen atoms in total. The number of carboxylic acid groups (broad SMARTS) is 1. The molecule has 0 unspecified atom stereocenters. The van der Waals surface area contributed by atoms with Gasteiger partial charge >= 0.3 is 18.5 Å². The molecule has 1 saturated heterocycles. The summed E-state index contributed by atoms with van der Waals surface area (Å²) in [6.07, 6.45) is 0. The second-order valence-corrected chi connectivity index (χ2v) is 7.77. The summed E-state index contributed by atoms with van der Waals surface area (Å²) in [4.78, 5) is 48.9. The van der Waals surface area contributed by atoms with Crippen molar-refractivity contribution in [2.24, 2.45) is 0 Å². The Morgan fingerprint density at radius 1 is 1.37 bits per heavy atom. The molecule has 2 atom stereocenters. The van der Waals surface area contributed by atoms with E-state index >= 15 is 0 Å². The zero-order valence-electron chi connectivity index (χ0n) is 16.1. The lowest BCUT2D eigenvalue weighted by atomic mass is 10.0. The second-order valence-electron chi connectivity index (χ2n) is 6.67. The van der Waals surface area contributed by atoms with Gasteiger partial charge in [0.1, 0.15) is 23.7 Å². The number of esters is 1. The minimum Gasteiger partial charge on any atom is -0.477 e. The predicted octanol–water partition coefficient (Wildman–Crippen LogP) is 0.810. The first-order valence-corrected chi connectivity index (χ1v) is 9.77. The number of hydrogen-bond acceptors (Lipinski definition) is 7. The summed E-state index contributed by atoms with van der Waals surface area (Å²) in [5.41, 5.74) is -0.0445. The molecule has 2 aliphatic rings. The number of carbonyl (C=O) groups excluding carboxylic acids is 3. The minimum absolute atomic E-state index is 0.0466. The number of halogens is 2. The normalized spacial score (nSPS) is 20.7. The van der Waals surface area contributed by atoms with Gasteiger partial charge in [-0.1, -0.05) is 0 Å². The number of aryl methyl sites for hydroxylation is 1. The predicted molar refractivity (Wildman–Crippen MR) is 98.6 cm³/mol. The van der Waals surface area contributed by atoms with Gasteiger partial charge < -0.3 is 15.2 Å². The number of ether oxygens (including phenoxy) is 1. The molecule has 2 N–H and O–H groups in total. The Labute approximate surface area is 173 Å². The van der Waals surface area contributed by atoms with Crippen molar-refractivity contribution in [3.8, 4) is 0 Å². The maximum absolute atomic E-state index is 13.0. The fourth-order valence-electron chi connectivity index (χ4n) is 3.38. The van der Waals surface area contributed by atoms with Crippen molar-refractivity contribution in [3.05, 3.63) is 28.2 Å². The van der Waals surface area contributed by atoms with E-state index in [9.17, 15) is 33.1 Å². The van der Waals surface area contributed by atoms with E-state index in [4.69, 9.17) is 4.74 Å². The van der Waals surface area contributed by atoms with Gasteiger partial charge in [0.05, 0.1) is 17.0 Å². The smallest absolute Gasteiger partial charge is 0.352 e. The molecule has 0 aliphatic carbocycles. The molecule has 0 radical (unpaired) electrons. The number of aromatic nitrogens is 2. The number of hydrogen-bond donors (Lipinski definition) is 2. The third kappa shape index (κ3) is 3.64. The maximum atomic E-state index is 13.0. The number of rotatable bonds is 6. The van der Waals surface area contributed by atoms with Crippen LogP contribution in [0.15, 0.2) is 11.3 Å². The van der Waals surface area contributed by atoms with Gasteiger partial charge in [0.2, 0.25) is 0 Å². The molecule has 3 heterocycles. The molecule has 13 heteroatoms. The zero-order valence-corrected chi connectivity index (χ0v) is 17.0. The first kappa shape index (κ1) is 21.7. The lowest BCUT2D eigenvalue weighted by Crippen LogP contribution is -2.70. The molecule has 0 saturated carbocycles. The van der Waals surface area contributed by atoms with Gasteiger partial charge in [0, 0.05) is 18.2 Å². The SMILES string of the molecule is CC(=O)OCC1=C(C(=O)O)N2C(=O)[C@H](NC(=O)c3c(C)nn(C(F)F)c3C)[C@H]2SC1. The van der Waals surface area contributed by atoms with Crippen LogP contribution in [0.2, 0.25) is 0 Å². The molecular formula is C17H18F2N4O6S. The first-order chi connectivity index (χ1) is 14.0. The lowest BCUT2D eigenvalue weighted by Gasteiger charge is -2.49. The van der Waals surface area contributed by atoms with Crippen LogP contribution in [0.1, 0.15) is 35.2 Å². The molecule has 2 amide bonds. The van der Waals surface area contributed by atoms with E-state index in [1.54, 1.807) is 0 Å². The highest BCUT2D eigenvalue weighted by atomic mass is 32.2. The molecule has 1 aromatic rings. The summed E-state index contributed by atoms with van der Waals surface area (Å²) < 4.78 is 31.2. The van der Waals surface area contributed by atoms with Crippen LogP contribution < -0.4 is 5.32 Å². The number of nitrogens with one attached hydrogen (secondary N) is 1. The van der Waals surface area contributed by atoms with Crippen molar-refractivity contribution in [1.82, 2.24) is 20.0 Å². The largest absolute Gasteiger partial charge is 0.477 e. The fourth-order valence-corrected chi connectivity index (χ4v) is 4.71. The van der Waals surface area contributed by atoms with Crippen LogP contribution in [0.4, 0.5) is 8.78 Å². The summed E-state index contributed by atoms with van der Waals surface area (Å²) >= 11 is 1.20. The topological polar surface area (TPSA) is 131 Å². The molecule has 162 valence electrons. The standard InChI is InChI=1S/C17H18F2N4O6S/c1-6-10(7(2)23(21-6)17(18)19)13(25)20-11-14(26)22-12(16(27)28)9(4-29-8(3)24)5-30-15(11)22/h11,15,17H,4-5H2,1-3H3,(H,20,25)(H,27,28)/t11-,15+/m0/s1. The lowest BCUT2D eigenvalue weighted by molar-refractivity contribution is -0.149. The van der Waals surface area contributed by atoms with Crippen LogP contribution in [0.3, 0.4) is 0 Å². The Balaban J connectivity index is 1.79. The Morgan fingerprint density at radius 3 is 2.57 bits per heavy atom. The summed E-state index contributed by atoms with van der Waals surface area (Å²) in [6.45, 7) is 0.720. The molecule has 0 aromatic carbocycles. The van der Waals surface area contributed by atoms with Crippen molar-refractivity contribution in [3.63, 3.8) is 0 Å². The van der Waals surface area contributed by atoms with E-state index < -0.39 is 41.7 Å². The van der Waals surface area contributed by atoms with E-state index in [1.807, 2.05) is 0 Å². The Hall–Kier alpha value is -2.96. The Morgan fingerprint density at radius 2 is 2.03 bits per heavy atom. The second kappa shape index (κ2) is 8.05. The van der Waals surface area contributed by atoms with E-state index in [0.717, 1.165) is 4.90 Å². The third-order valence-electron chi connectivity index (χ3n) is 4.72. The Bertz CT molecular complexity index is 976. The number of thioether (sulfide) groups is 1. The maximum Gasteiger partial charge on any atom is 0.352 e. The van der Waals surface area contributed by atoms with Crippen molar-refractivity contribution < 1.29 is 37.8 Å². The monoisotopic (exact) mass is 444 g/mol. The van der Waals surface area contributed by atoms with Crippen molar-refractivity contribution in [2.75, 3.05) is 12.4 Å². The van der Waals surface area contributed by atoms with Gasteiger partial charge in [-0.05, 0) is 13.8 Å². The van der Waals surface area contributed by atoms with Gasteiger partial charge in [0.15, 0.2) is 0 Å². The van der Waals surface area contributed by atoms with Crippen LogP contribution in [0.5, 0.6) is 0 Å². The molecular weight excluding hydrogens is 426 g/mol. The van der Waals surface area contributed by atoms with Crippen molar-refractivity contribution in [2.45, 2.75) is 38.7 Å². The number of fused-ring (bicyclic) bond motifs is 1. The number of carbonyl (C=O) groups is 4. The fraction of sp³-hybridized carbons (Fsp3) is 0.471. The average molecular weight is 444 g/mol. The Kier molecular flexibility index (Phi) is 5.83. The molecule has 0 spiro atoms. The van der Waals surface area contributed by atoms with Gasteiger partial charge in [-0.2, -0.15) is 13.9 Å². The number of β-lactam (4-membered cyclic amide) rings is 1. The van der Waals surface area contributed by atoms with Crippen LogP contribution in [-0.4, -0.2) is 67.3 Å². The minimum atomic E-state index is -2.92. The van der Waals surface area contributed by atoms with Crippen molar-refractivity contribution >= 4 is 35.5 Å². The first-order valence-electron chi connectivity index (χ1n) is 8.72. The molecule has 2 aliphatic heterocycles. The number of carboxylic acids is 1. The molecule has 30 heavy (non-hydrogen) atoms. The highest BCUT2D eigenvalue weighted by Crippen LogP contribution is 2.40. The highest BCUT2D eigenvalue weighted by Gasteiger charge is 2.54. The van der Waals surface area contributed by atoms with Crippen molar-refractivity contribution in [1.29, 1.82) is 0 Å². The van der Waals surface area contributed by atoms with Crippen LogP contribution >= 0.6 is 11.8 Å².